The van der Waals surface area contributed by atoms with Gasteiger partial charge in [0.1, 0.15) is 0 Å². The van der Waals surface area contributed by atoms with Crippen LogP contribution in [0.3, 0.4) is 0 Å². The zero-order chi connectivity index (χ0) is 15.3. The molecule has 2 unspecified atom stereocenters. The zero-order valence-corrected chi connectivity index (χ0v) is 13.2. The summed E-state index contributed by atoms with van der Waals surface area (Å²) in [4.78, 5) is 1.38. The molecule has 0 heterocycles. The Kier molecular flexibility index (Phi) is 6.48. The molecule has 0 saturated heterocycles. The monoisotopic (exact) mass is 352 g/mol. The number of nitrogens with zero attached hydrogens (tertiary/aromatic N) is 1. The summed E-state index contributed by atoms with van der Waals surface area (Å²) in [6.07, 6.45) is -3.62. The number of hydrogen-bond donors (Lipinski definition) is 1. The predicted molar refractivity (Wildman–Crippen MR) is 78.5 cm³/mol. The molecule has 20 heavy (non-hydrogen) atoms. The number of nitrogens with two attached hydrogens (primary N) is 1. The van der Waals surface area contributed by atoms with E-state index in [2.05, 4.69) is 15.9 Å². The van der Waals surface area contributed by atoms with Crippen molar-refractivity contribution in [1.82, 2.24) is 4.90 Å². The molecule has 0 amide bonds. The van der Waals surface area contributed by atoms with Crippen LogP contribution in [0, 0.1) is 0 Å². The van der Waals surface area contributed by atoms with Gasteiger partial charge in [-0.25, -0.2) is 0 Å². The van der Waals surface area contributed by atoms with Gasteiger partial charge in [0.05, 0.1) is 12.6 Å². The summed E-state index contributed by atoms with van der Waals surface area (Å²) in [7, 11) is 0. The molecule has 1 aromatic rings. The zero-order valence-electron chi connectivity index (χ0n) is 11.6. The summed E-state index contributed by atoms with van der Waals surface area (Å²) in [6, 6.07) is 6.49. The Bertz CT molecular complexity index is 423. The van der Waals surface area contributed by atoms with Crippen molar-refractivity contribution in [3.05, 3.63) is 34.3 Å². The maximum Gasteiger partial charge on any atom is 0.401 e. The van der Waals surface area contributed by atoms with Crippen molar-refractivity contribution < 1.29 is 13.2 Å². The van der Waals surface area contributed by atoms with Crippen LogP contribution in [0.2, 0.25) is 0 Å². The average Bonchev–Trinajstić information content (AvgIpc) is 2.38. The molecule has 0 bridgehead atoms. The SMILES string of the molecule is CCC(N)C(c1ccccc1Br)N(CC)CC(F)(F)F. The first-order valence-electron chi connectivity index (χ1n) is 6.61. The van der Waals surface area contributed by atoms with E-state index in [0.717, 1.165) is 10.0 Å². The molecule has 114 valence electrons. The van der Waals surface area contributed by atoms with Crippen LogP contribution in [-0.2, 0) is 0 Å². The average molecular weight is 353 g/mol. The number of benzene rings is 1. The highest BCUT2D eigenvalue weighted by Gasteiger charge is 2.36. The lowest BCUT2D eigenvalue weighted by Crippen LogP contribution is -2.45. The van der Waals surface area contributed by atoms with E-state index < -0.39 is 18.8 Å². The smallest absolute Gasteiger partial charge is 0.326 e. The van der Waals surface area contributed by atoms with Crippen molar-refractivity contribution in [2.75, 3.05) is 13.1 Å². The van der Waals surface area contributed by atoms with E-state index >= 15 is 0 Å². The molecule has 2 N–H and O–H groups in total. The van der Waals surface area contributed by atoms with Crippen LogP contribution in [0.1, 0.15) is 31.9 Å². The summed E-state index contributed by atoms with van der Waals surface area (Å²) >= 11 is 3.41. The summed E-state index contributed by atoms with van der Waals surface area (Å²) in [5.74, 6) is 0. The summed E-state index contributed by atoms with van der Waals surface area (Å²) in [5.41, 5.74) is 6.88. The van der Waals surface area contributed by atoms with Crippen LogP contribution in [0.25, 0.3) is 0 Å². The van der Waals surface area contributed by atoms with Crippen molar-refractivity contribution in [3.63, 3.8) is 0 Å². The molecule has 0 spiro atoms. The maximum absolute atomic E-state index is 12.7. The first-order valence-corrected chi connectivity index (χ1v) is 7.40. The standard InChI is InChI=1S/C14H20BrF3N2/c1-3-12(19)13(10-7-5-6-8-11(10)15)20(4-2)9-14(16,17)18/h5-8,12-13H,3-4,9,19H2,1-2H3. The number of likely N-dealkylation sites (N-methyl/N-ethyl adjacent to an activating group) is 1. The molecule has 0 aromatic heterocycles. The lowest BCUT2D eigenvalue weighted by Gasteiger charge is -2.35. The molecule has 1 aromatic carbocycles. The van der Waals surface area contributed by atoms with Crippen LogP contribution in [0.4, 0.5) is 13.2 Å². The van der Waals surface area contributed by atoms with E-state index in [1.807, 2.05) is 31.2 Å². The van der Waals surface area contributed by atoms with Gasteiger partial charge in [-0.2, -0.15) is 13.2 Å². The lowest BCUT2D eigenvalue weighted by atomic mass is 9.96. The highest BCUT2D eigenvalue weighted by molar-refractivity contribution is 9.10. The van der Waals surface area contributed by atoms with Gasteiger partial charge in [-0.1, -0.05) is 48.0 Å². The number of rotatable bonds is 6. The van der Waals surface area contributed by atoms with Crippen molar-refractivity contribution in [2.45, 2.75) is 38.5 Å². The molecule has 2 nitrogen and oxygen atoms in total. The van der Waals surface area contributed by atoms with Crippen molar-refractivity contribution in [3.8, 4) is 0 Å². The number of alkyl halides is 3. The molecule has 0 radical (unpaired) electrons. The fraction of sp³-hybridized carbons (Fsp3) is 0.571. The summed E-state index contributed by atoms with van der Waals surface area (Å²) in [6.45, 7) is 2.94. The topological polar surface area (TPSA) is 29.3 Å². The molecule has 0 aliphatic rings. The second-order valence-corrected chi connectivity index (χ2v) is 5.57. The molecule has 1 rings (SSSR count). The molecular weight excluding hydrogens is 333 g/mol. The Morgan fingerprint density at radius 2 is 1.85 bits per heavy atom. The molecule has 0 fully saturated rings. The van der Waals surface area contributed by atoms with Gasteiger partial charge in [0.2, 0.25) is 0 Å². The van der Waals surface area contributed by atoms with E-state index in [9.17, 15) is 13.2 Å². The van der Waals surface area contributed by atoms with E-state index in [1.165, 1.54) is 4.90 Å². The summed E-state index contributed by atoms with van der Waals surface area (Å²) in [5, 5.41) is 0. The van der Waals surface area contributed by atoms with Gasteiger partial charge in [0.25, 0.3) is 0 Å². The minimum Gasteiger partial charge on any atom is -0.326 e. The van der Waals surface area contributed by atoms with Crippen LogP contribution in [0.15, 0.2) is 28.7 Å². The maximum atomic E-state index is 12.7. The minimum atomic E-state index is -4.23. The van der Waals surface area contributed by atoms with Crippen molar-refractivity contribution in [1.29, 1.82) is 0 Å². The van der Waals surface area contributed by atoms with Gasteiger partial charge in [-0.3, -0.25) is 4.90 Å². The van der Waals surface area contributed by atoms with Gasteiger partial charge in [-0.15, -0.1) is 0 Å². The highest BCUT2D eigenvalue weighted by Crippen LogP contribution is 2.32. The molecule has 6 heteroatoms. The van der Waals surface area contributed by atoms with E-state index in [-0.39, 0.29) is 6.04 Å². The molecule has 2 atom stereocenters. The van der Waals surface area contributed by atoms with Crippen LogP contribution in [-0.4, -0.2) is 30.2 Å². The molecular formula is C14H20BrF3N2. The van der Waals surface area contributed by atoms with E-state index in [0.29, 0.717) is 13.0 Å². The second kappa shape index (κ2) is 7.43. The van der Waals surface area contributed by atoms with Gasteiger partial charge in [0, 0.05) is 10.5 Å². The van der Waals surface area contributed by atoms with Gasteiger partial charge in [-0.05, 0) is 24.6 Å². The number of halogens is 4. The largest absolute Gasteiger partial charge is 0.401 e. The van der Waals surface area contributed by atoms with Crippen LogP contribution >= 0.6 is 15.9 Å². The first-order chi connectivity index (χ1) is 9.30. The predicted octanol–water partition coefficient (Wildman–Crippen LogP) is 4.11. The van der Waals surface area contributed by atoms with Crippen LogP contribution in [0.5, 0.6) is 0 Å². The Labute approximate surface area is 126 Å². The summed E-state index contributed by atoms with van der Waals surface area (Å²) < 4.78 is 39.0. The quantitative estimate of drug-likeness (QED) is 0.834. The Hall–Kier alpha value is -0.590. The van der Waals surface area contributed by atoms with E-state index in [1.54, 1.807) is 6.92 Å². The highest BCUT2D eigenvalue weighted by atomic mass is 79.9. The normalized spacial score (nSPS) is 15.4. The third kappa shape index (κ3) is 4.75. The van der Waals surface area contributed by atoms with E-state index in [4.69, 9.17) is 5.73 Å². The first kappa shape index (κ1) is 17.5. The second-order valence-electron chi connectivity index (χ2n) is 4.72. The Balaban J connectivity index is 3.14. The lowest BCUT2D eigenvalue weighted by molar-refractivity contribution is -0.151. The number of hydrogen-bond acceptors (Lipinski definition) is 2. The van der Waals surface area contributed by atoms with Crippen molar-refractivity contribution >= 4 is 15.9 Å². The third-order valence-corrected chi connectivity index (χ3v) is 4.00. The van der Waals surface area contributed by atoms with Gasteiger partial charge < -0.3 is 5.73 Å². The van der Waals surface area contributed by atoms with Crippen LogP contribution < -0.4 is 5.73 Å². The Morgan fingerprint density at radius 1 is 1.25 bits per heavy atom. The third-order valence-electron chi connectivity index (χ3n) is 3.28. The van der Waals surface area contributed by atoms with Gasteiger partial charge >= 0.3 is 6.18 Å². The fourth-order valence-electron chi connectivity index (χ4n) is 2.27. The van der Waals surface area contributed by atoms with Crippen molar-refractivity contribution in [2.24, 2.45) is 5.73 Å². The Morgan fingerprint density at radius 3 is 2.30 bits per heavy atom. The molecule has 0 saturated carbocycles. The molecule has 0 aliphatic carbocycles. The minimum absolute atomic E-state index is 0.291. The van der Waals surface area contributed by atoms with Gasteiger partial charge in [0.15, 0.2) is 0 Å². The fourth-order valence-corrected chi connectivity index (χ4v) is 2.79. The molecule has 0 aliphatic heterocycles.